The van der Waals surface area contributed by atoms with Crippen LogP contribution in [0, 0.1) is 31.0 Å². The molecule has 4 heteroatoms. The number of fused-ring (bicyclic) bond motifs is 1. The van der Waals surface area contributed by atoms with Crippen LogP contribution in [0.2, 0.25) is 0 Å². The van der Waals surface area contributed by atoms with Gasteiger partial charge in [0.1, 0.15) is 17.5 Å². The number of hydrogen-bond acceptors (Lipinski definition) is 2. The fourth-order valence-electron chi connectivity index (χ4n) is 3.97. The minimum Gasteiger partial charge on any atom is -0.321 e. The summed E-state index contributed by atoms with van der Waals surface area (Å²) < 4.78 is 13.8. The average Bonchev–Trinajstić information content (AvgIpc) is 2.80. The van der Waals surface area contributed by atoms with Gasteiger partial charge in [0.15, 0.2) is 0 Å². The van der Waals surface area contributed by atoms with Gasteiger partial charge in [0.05, 0.1) is 0 Å². The lowest BCUT2D eigenvalue weighted by atomic mass is 9.93. The largest absolute Gasteiger partial charge is 0.321 e. The van der Waals surface area contributed by atoms with Crippen LogP contribution in [-0.2, 0) is 11.2 Å². The first kappa shape index (κ1) is 22.0. The van der Waals surface area contributed by atoms with Crippen LogP contribution in [-0.4, -0.2) is 5.91 Å². The number of rotatable bonds is 5. The zero-order valence-corrected chi connectivity index (χ0v) is 18.5. The second kappa shape index (κ2) is 9.50. The van der Waals surface area contributed by atoms with Crippen molar-refractivity contribution in [1.82, 2.24) is 0 Å². The fraction of sp³-hybridized carbons (Fsp3) is 0.103. The fourth-order valence-corrected chi connectivity index (χ4v) is 3.97. The average molecular weight is 435 g/mol. The highest BCUT2D eigenvalue weighted by atomic mass is 19.1. The predicted octanol–water partition coefficient (Wildman–Crippen LogP) is 6.73. The molecule has 0 saturated carbocycles. The molecule has 0 aromatic heterocycles. The summed E-state index contributed by atoms with van der Waals surface area (Å²) in [4.78, 5) is 13.0. The number of benzene rings is 4. The lowest BCUT2D eigenvalue weighted by Crippen LogP contribution is -2.14. The minimum absolute atomic E-state index is 0.00632. The number of carbonyl (C=O) groups is 1. The molecule has 0 radical (unpaired) electrons. The number of hydrogen-bond donors (Lipinski definition) is 1. The predicted molar refractivity (Wildman–Crippen MR) is 131 cm³/mol. The van der Waals surface area contributed by atoms with Crippen molar-refractivity contribution in [2.24, 2.45) is 0 Å². The number of aryl methyl sites for hydroxylation is 2. The standard InChI is InChI=1S/C29H23FN2O/c1-19-10-13-28(20(2)14-19)32-29(33)24(18-31)17-27-23(15-21-6-5-8-25(30)16-21)12-11-22-7-3-4-9-26(22)27/h3-14,16-17H,15H2,1-2H3,(H,32,33)/b24-17+. The zero-order valence-electron chi connectivity index (χ0n) is 18.5. The van der Waals surface area contributed by atoms with Gasteiger partial charge in [-0.3, -0.25) is 4.79 Å². The van der Waals surface area contributed by atoms with Gasteiger partial charge in [0.25, 0.3) is 5.91 Å². The molecule has 33 heavy (non-hydrogen) atoms. The topological polar surface area (TPSA) is 52.9 Å². The Balaban J connectivity index is 1.77. The molecule has 4 aromatic carbocycles. The highest BCUT2D eigenvalue weighted by molar-refractivity contribution is 6.11. The molecule has 0 atom stereocenters. The number of amides is 1. The second-order valence-corrected chi connectivity index (χ2v) is 8.11. The molecule has 4 rings (SSSR count). The van der Waals surface area contributed by atoms with Gasteiger partial charge in [0.2, 0.25) is 0 Å². The molecule has 4 aromatic rings. The molecule has 0 heterocycles. The van der Waals surface area contributed by atoms with Crippen LogP contribution in [0.15, 0.2) is 84.4 Å². The van der Waals surface area contributed by atoms with E-state index in [2.05, 4.69) is 11.4 Å². The zero-order chi connectivity index (χ0) is 23.4. The number of nitrogens with one attached hydrogen (secondary N) is 1. The first-order valence-corrected chi connectivity index (χ1v) is 10.7. The molecule has 1 amide bonds. The SMILES string of the molecule is Cc1ccc(NC(=O)/C(C#N)=C/c2c(Cc3cccc(F)c3)ccc3ccccc23)c(C)c1. The Bertz CT molecular complexity index is 1430. The second-order valence-electron chi connectivity index (χ2n) is 8.11. The first-order valence-electron chi connectivity index (χ1n) is 10.7. The Hall–Kier alpha value is -4.23. The van der Waals surface area contributed by atoms with E-state index in [-0.39, 0.29) is 11.4 Å². The Morgan fingerprint density at radius 3 is 2.58 bits per heavy atom. The molecule has 0 bridgehead atoms. The van der Waals surface area contributed by atoms with E-state index in [9.17, 15) is 14.4 Å². The van der Waals surface area contributed by atoms with Crippen LogP contribution < -0.4 is 5.32 Å². The maximum Gasteiger partial charge on any atom is 0.266 e. The van der Waals surface area contributed by atoms with Crippen molar-refractivity contribution in [2.75, 3.05) is 5.32 Å². The van der Waals surface area contributed by atoms with E-state index in [0.29, 0.717) is 12.1 Å². The third-order valence-corrected chi connectivity index (χ3v) is 5.63. The summed E-state index contributed by atoms with van der Waals surface area (Å²) in [6, 6.07) is 26.0. The van der Waals surface area contributed by atoms with Crippen molar-refractivity contribution in [2.45, 2.75) is 20.3 Å². The van der Waals surface area contributed by atoms with Gasteiger partial charge in [0, 0.05) is 5.69 Å². The van der Waals surface area contributed by atoms with Gasteiger partial charge in [-0.25, -0.2) is 4.39 Å². The summed E-state index contributed by atoms with van der Waals surface area (Å²) in [6.45, 7) is 3.90. The summed E-state index contributed by atoms with van der Waals surface area (Å²) in [5, 5.41) is 14.6. The molecular formula is C29H23FN2O. The molecular weight excluding hydrogens is 411 g/mol. The molecule has 0 aliphatic rings. The van der Waals surface area contributed by atoms with Crippen LogP contribution in [0.1, 0.15) is 27.8 Å². The smallest absolute Gasteiger partial charge is 0.266 e. The number of carbonyl (C=O) groups excluding carboxylic acids is 1. The quantitative estimate of drug-likeness (QED) is 0.280. The summed E-state index contributed by atoms with van der Waals surface area (Å²) in [6.07, 6.45) is 2.11. The molecule has 1 N–H and O–H groups in total. The van der Waals surface area contributed by atoms with Crippen LogP contribution >= 0.6 is 0 Å². The summed E-state index contributed by atoms with van der Waals surface area (Å²) in [7, 11) is 0. The van der Waals surface area contributed by atoms with Crippen molar-refractivity contribution >= 4 is 28.4 Å². The molecule has 3 nitrogen and oxygen atoms in total. The monoisotopic (exact) mass is 434 g/mol. The Kier molecular flexibility index (Phi) is 6.33. The number of anilines is 1. The lowest BCUT2D eigenvalue weighted by Gasteiger charge is -2.12. The number of halogens is 1. The van der Waals surface area contributed by atoms with Crippen molar-refractivity contribution in [3.63, 3.8) is 0 Å². The molecule has 162 valence electrons. The molecule has 0 spiro atoms. The van der Waals surface area contributed by atoms with Gasteiger partial charge >= 0.3 is 0 Å². The molecule has 0 aliphatic heterocycles. The van der Waals surface area contributed by atoms with Crippen molar-refractivity contribution < 1.29 is 9.18 Å². The molecule has 0 unspecified atom stereocenters. The Labute approximate surface area is 192 Å². The van der Waals surface area contributed by atoms with E-state index in [1.807, 2.05) is 74.5 Å². The van der Waals surface area contributed by atoms with E-state index in [1.165, 1.54) is 12.1 Å². The molecule has 0 aliphatic carbocycles. The minimum atomic E-state index is -0.464. The van der Waals surface area contributed by atoms with E-state index < -0.39 is 5.91 Å². The van der Waals surface area contributed by atoms with Crippen molar-refractivity contribution in [3.8, 4) is 6.07 Å². The van der Waals surface area contributed by atoms with Gasteiger partial charge in [-0.05, 0) is 77.6 Å². The van der Waals surface area contributed by atoms with E-state index in [1.54, 1.807) is 12.1 Å². The van der Waals surface area contributed by atoms with Gasteiger partial charge in [-0.15, -0.1) is 0 Å². The maximum atomic E-state index is 13.8. The third kappa shape index (κ3) is 4.99. The molecule has 0 fully saturated rings. The third-order valence-electron chi connectivity index (χ3n) is 5.63. The van der Waals surface area contributed by atoms with Crippen LogP contribution in [0.3, 0.4) is 0 Å². The van der Waals surface area contributed by atoms with Crippen LogP contribution in [0.5, 0.6) is 0 Å². The van der Waals surface area contributed by atoms with Gasteiger partial charge in [-0.1, -0.05) is 66.2 Å². The first-order chi connectivity index (χ1) is 15.9. The highest BCUT2D eigenvalue weighted by Crippen LogP contribution is 2.27. The van der Waals surface area contributed by atoms with Crippen LogP contribution in [0.4, 0.5) is 10.1 Å². The van der Waals surface area contributed by atoms with E-state index >= 15 is 0 Å². The van der Waals surface area contributed by atoms with Crippen molar-refractivity contribution in [3.05, 3.63) is 118 Å². The summed E-state index contributed by atoms with van der Waals surface area (Å²) in [5.41, 5.74) is 5.21. The Morgan fingerprint density at radius 2 is 1.82 bits per heavy atom. The maximum absolute atomic E-state index is 13.8. The van der Waals surface area contributed by atoms with Crippen molar-refractivity contribution in [1.29, 1.82) is 5.26 Å². The van der Waals surface area contributed by atoms with E-state index in [0.717, 1.165) is 38.6 Å². The van der Waals surface area contributed by atoms with Crippen LogP contribution in [0.25, 0.3) is 16.8 Å². The summed E-state index contributed by atoms with van der Waals surface area (Å²) in [5.74, 6) is -0.759. The molecule has 0 saturated heterocycles. The number of nitriles is 1. The van der Waals surface area contributed by atoms with E-state index in [4.69, 9.17) is 0 Å². The van der Waals surface area contributed by atoms with Gasteiger partial charge in [-0.2, -0.15) is 5.26 Å². The lowest BCUT2D eigenvalue weighted by molar-refractivity contribution is -0.112. The summed E-state index contributed by atoms with van der Waals surface area (Å²) >= 11 is 0. The number of nitrogens with zero attached hydrogens (tertiary/aromatic N) is 1. The Morgan fingerprint density at radius 1 is 1.00 bits per heavy atom. The van der Waals surface area contributed by atoms with Gasteiger partial charge < -0.3 is 5.32 Å². The normalized spacial score (nSPS) is 11.3. The highest BCUT2D eigenvalue weighted by Gasteiger charge is 2.14.